The van der Waals surface area contributed by atoms with Crippen molar-refractivity contribution < 1.29 is 4.79 Å². The summed E-state index contributed by atoms with van der Waals surface area (Å²) in [4.78, 5) is 11.4. The first-order valence-corrected chi connectivity index (χ1v) is 4.60. The van der Waals surface area contributed by atoms with E-state index in [1.54, 1.807) is 0 Å². The Morgan fingerprint density at radius 3 is 2.86 bits per heavy atom. The predicted octanol–water partition coefficient (Wildman–Crippen LogP) is 0.574. The van der Waals surface area contributed by atoms with Gasteiger partial charge in [0.2, 0.25) is 0 Å². The van der Waals surface area contributed by atoms with Gasteiger partial charge in [0.25, 0.3) is 5.91 Å². The fourth-order valence-electron chi connectivity index (χ4n) is 1.88. The molecule has 1 aromatic carbocycles. The highest BCUT2D eigenvalue weighted by Gasteiger charge is 2.32. The molecular formula is C10H13N3O. The SMILES string of the molecule is CC1c2ccccc2NC1C(=O)NN. The molecule has 1 amide bonds. The van der Waals surface area contributed by atoms with E-state index < -0.39 is 0 Å². The average molecular weight is 191 g/mol. The van der Waals surface area contributed by atoms with E-state index in [-0.39, 0.29) is 17.9 Å². The summed E-state index contributed by atoms with van der Waals surface area (Å²) in [6, 6.07) is 7.66. The maximum atomic E-state index is 11.4. The molecule has 1 heterocycles. The molecule has 0 saturated carbocycles. The van der Waals surface area contributed by atoms with Gasteiger partial charge in [-0.15, -0.1) is 0 Å². The molecule has 4 N–H and O–H groups in total. The van der Waals surface area contributed by atoms with Gasteiger partial charge in [0.1, 0.15) is 6.04 Å². The first-order valence-electron chi connectivity index (χ1n) is 4.60. The van der Waals surface area contributed by atoms with Gasteiger partial charge in [0.15, 0.2) is 0 Å². The molecule has 1 aromatic rings. The quantitative estimate of drug-likeness (QED) is 0.345. The van der Waals surface area contributed by atoms with Gasteiger partial charge in [-0.3, -0.25) is 10.2 Å². The monoisotopic (exact) mass is 191 g/mol. The third-order valence-electron chi connectivity index (χ3n) is 2.69. The second kappa shape index (κ2) is 3.31. The first kappa shape index (κ1) is 9.02. The molecule has 1 aliphatic heterocycles. The van der Waals surface area contributed by atoms with Crippen LogP contribution in [-0.2, 0) is 4.79 Å². The van der Waals surface area contributed by atoms with Gasteiger partial charge in [-0.25, -0.2) is 5.84 Å². The van der Waals surface area contributed by atoms with Gasteiger partial charge in [-0.2, -0.15) is 0 Å². The summed E-state index contributed by atoms with van der Waals surface area (Å²) in [7, 11) is 0. The van der Waals surface area contributed by atoms with Crippen molar-refractivity contribution in [2.24, 2.45) is 5.84 Å². The Morgan fingerprint density at radius 1 is 1.50 bits per heavy atom. The summed E-state index contributed by atoms with van der Waals surface area (Å²) in [5.41, 5.74) is 4.36. The zero-order chi connectivity index (χ0) is 10.1. The number of hydrogen-bond acceptors (Lipinski definition) is 3. The number of carbonyl (C=O) groups excluding carboxylic acids is 1. The van der Waals surface area contributed by atoms with Crippen molar-refractivity contribution in [1.82, 2.24) is 5.43 Å². The van der Waals surface area contributed by atoms with Crippen LogP contribution in [0.1, 0.15) is 18.4 Å². The lowest BCUT2D eigenvalue weighted by Crippen LogP contribution is -2.43. The van der Waals surface area contributed by atoms with E-state index in [9.17, 15) is 4.79 Å². The molecule has 2 atom stereocenters. The molecule has 0 aromatic heterocycles. The Labute approximate surface area is 82.5 Å². The lowest BCUT2D eigenvalue weighted by molar-refractivity contribution is -0.122. The summed E-state index contributed by atoms with van der Waals surface area (Å²) in [5, 5.41) is 3.14. The zero-order valence-corrected chi connectivity index (χ0v) is 7.95. The molecule has 0 bridgehead atoms. The van der Waals surface area contributed by atoms with E-state index in [0.29, 0.717) is 0 Å². The average Bonchev–Trinajstić information content (AvgIpc) is 2.56. The van der Waals surface area contributed by atoms with Gasteiger partial charge in [-0.05, 0) is 11.6 Å². The topological polar surface area (TPSA) is 67.2 Å². The van der Waals surface area contributed by atoms with Gasteiger partial charge in [0, 0.05) is 11.6 Å². The molecule has 4 nitrogen and oxygen atoms in total. The number of nitrogens with two attached hydrogens (primary N) is 1. The zero-order valence-electron chi connectivity index (χ0n) is 7.95. The number of carbonyl (C=O) groups is 1. The van der Waals surface area contributed by atoms with Crippen LogP contribution in [0.4, 0.5) is 5.69 Å². The third-order valence-corrected chi connectivity index (χ3v) is 2.69. The summed E-state index contributed by atoms with van der Waals surface area (Å²) in [5.74, 6) is 5.10. The number of para-hydroxylation sites is 1. The first-order chi connectivity index (χ1) is 6.74. The Kier molecular flexibility index (Phi) is 2.13. The Morgan fingerprint density at radius 2 is 2.21 bits per heavy atom. The van der Waals surface area contributed by atoms with Crippen molar-refractivity contribution in [3.8, 4) is 0 Å². The summed E-state index contributed by atoms with van der Waals surface area (Å²) >= 11 is 0. The molecule has 0 saturated heterocycles. The van der Waals surface area contributed by atoms with E-state index in [1.807, 2.05) is 31.2 Å². The number of rotatable bonds is 1. The van der Waals surface area contributed by atoms with Crippen molar-refractivity contribution in [1.29, 1.82) is 0 Å². The van der Waals surface area contributed by atoms with Crippen molar-refractivity contribution in [2.45, 2.75) is 18.9 Å². The van der Waals surface area contributed by atoms with Gasteiger partial charge in [-0.1, -0.05) is 25.1 Å². The normalized spacial score (nSPS) is 23.9. The predicted molar refractivity (Wildman–Crippen MR) is 54.6 cm³/mol. The van der Waals surface area contributed by atoms with Crippen LogP contribution in [0.3, 0.4) is 0 Å². The maximum Gasteiger partial charge on any atom is 0.256 e. The van der Waals surface area contributed by atoms with Crippen LogP contribution in [0.2, 0.25) is 0 Å². The molecule has 1 aliphatic rings. The number of benzene rings is 1. The molecule has 0 radical (unpaired) electrons. The van der Waals surface area contributed by atoms with Gasteiger partial charge in [0.05, 0.1) is 0 Å². The van der Waals surface area contributed by atoms with Crippen molar-refractivity contribution in [3.63, 3.8) is 0 Å². The van der Waals surface area contributed by atoms with E-state index in [4.69, 9.17) is 5.84 Å². The van der Waals surface area contributed by atoms with Crippen molar-refractivity contribution >= 4 is 11.6 Å². The van der Waals surface area contributed by atoms with Crippen LogP contribution in [0.25, 0.3) is 0 Å². The summed E-state index contributed by atoms with van der Waals surface area (Å²) in [6.07, 6.45) is 0. The van der Waals surface area contributed by atoms with Crippen LogP contribution < -0.4 is 16.6 Å². The number of nitrogens with one attached hydrogen (secondary N) is 2. The van der Waals surface area contributed by atoms with E-state index in [0.717, 1.165) is 5.69 Å². The molecule has 74 valence electrons. The smallest absolute Gasteiger partial charge is 0.256 e. The van der Waals surface area contributed by atoms with Crippen molar-refractivity contribution in [3.05, 3.63) is 29.8 Å². The third kappa shape index (κ3) is 1.24. The number of hydrazine groups is 1. The highest BCUT2D eigenvalue weighted by atomic mass is 16.2. The second-order valence-electron chi connectivity index (χ2n) is 3.51. The van der Waals surface area contributed by atoms with E-state index in [2.05, 4.69) is 10.7 Å². The molecule has 0 spiro atoms. The Hall–Kier alpha value is -1.55. The lowest BCUT2D eigenvalue weighted by Gasteiger charge is -2.13. The number of amides is 1. The van der Waals surface area contributed by atoms with Crippen molar-refractivity contribution in [2.75, 3.05) is 5.32 Å². The van der Waals surface area contributed by atoms with Crippen LogP contribution >= 0.6 is 0 Å². The molecule has 0 fully saturated rings. The van der Waals surface area contributed by atoms with E-state index in [1.165, 1.54) is 5.56 Å². The number of hydrogen-bond donors (Lipinski definition) is 3. The second-order valence-corrected chi connectivity index (χ2v) is 3.51. The minimum Gasteiger partial charge on any atom is -0.373 e. The minimum atomic E-state index is -0.252. The molecular weight excluding hydrogens is 178 g/mol. The van der Waals surface area contributed by atoms with Gasteiger partial charge >= 0.3 is 0 Å². The fourth-order valence-corrected chi connectivity index (χ4v) is 1.88. The Balaban J connectivity index is 2.30. The Bertz CT molecular complexity index is 364. The molecule has 14 heavy (non-hydrogen) atoms. The highest BCUT2D eigenvalue weighted by Crippen LogP contribution is 2.34. The molecule has 0 aliphatic carbocycles. The fraction of sp³-hybridized carbons (Fsp3) is 0.300. The van der Waals surface area contributed by atoms with Gasteiger partial charge < -0.3 is 5.32 Å². The number of anilines is 1. The molecule has 4 heteroatoms. The van der Waals surface area contributed by atoms with Crippen LogP contribution in [-0.4, -0.2) is 11.9 Å². The largest absolute Gasteiger partial charge is 0.373 e. The highest BCUT2D eigenvalue weighted by molar-refractivity contribution is 5.88. The van der Waals surface area contributed by atoms with Crippen LogP contribution in [0.15, 0.2) is 24.3 Å². The molecule has 2 unspecified atom stereocenters. The number of fused-ring (bicyclic) bond motifs is 1. The minimum absolute atomic E-state index is 0.162. The molecule has 2 rings (SSSR count). The maximum absolute atomic E-state index is 11.4. The van der Waals surface area contributed by atoms with Crippen LogP contribution in [0.5, 0.6) is 0 Å². The standard InChI is InChI=1S/C10H13N3O/c1-6-7-4-2-3-5-8(7)12-9(6)10(14)13-11/h2-6,9,12H,11H2,1H3,(H,13,14). The van der Waals surface area contributed by atoms with Crippen LogP contribution in [0, 0.1) is 0 Å². The summed E-state index contributed by atoms with van der Waals surface area (Å²) < 4.78 is 0. The summed E-state index contributed by atoms with van der Waals surface area (Å²) in [6.45, 7) is 2.01. The lowest BCUT2D eigenvalue weighted by atomic mass is 9.97. The van der Waals surface area contributed by atoms with E-state index >= 15 is 0 Å².